The molecule has 0 fully saturated rings. The molecule has 0 aromatic carbocycles. The van der Waals surface area contributed by atoms with Crippen molar-refractivity contribution in [3.05, 3.63) is 11.8 Å². The highest BCUT2D eigenvalue weighted by molar-refractivity contribution is 5.90. The quantitative estimate of drug-likeness (QED) is 0.536. The Hall–Kier alpha value is -1.56. The molecule has 1 aromatic heterocycles. The molecule has 3 N–H and O–H groups in total. The van der Waals surface area contributed by atoms with E-state index in [1.165, 1.54) is 4.68 Å². The summed E-state index contributed by atoms with van der Waals surface area (Å²) < 4.78 is 1.20. The van der Waals surface area contributed by atoms with Gasteiger partial charge in [-0.3, -0.25) is 0 Å². The van der Waals surface area contributed by atoms with E-state index in [0.717, 1.165) is 6.20 Å². The highest BCUT2D eigenvalue weighted by Gasteiger charge is 2.06. The summed E-state index contributed by atoms with van der Waals surface area (Å²) in [5, 5.41) is 22.5. The van der Waals surface area contributed by atoms with Crippen molar-refractivity contribution < 1.29 is 15.0 Å². The lowest BCUT2D eigenvalue weighted by molar-refractivity contribution is -0.254. The summed E-state index contributed by atoms with van der Waals surface area (Å²) >= 11 is 0. The van der Waals surface area contributed by atoms with E-state index in [1.54, 1.807) is 0 Å². The first kappa shape index (κ1) is 8.54. The maximum absolute atomic E-state index is 10.3. The Labute approximate surface area is 68.2 Å². The van der Waals surface area contributed by atoms with Gasteiger partial charge in [0.25, 0.3) is 0 Å². The molecular weight excluding hydrogens is 162 g/mol. The molecule has 0 spiro atoms. The first-order valence-corrected chi connectivity index (χ1v) is 3.30. The fraction of sp³-hybridized carbons (Fsp3) is 0.333. The zero-order valence-electron chi connectivity index (χ0n) is 6.23. The van der Waals surface area contributed by atoms with Gasteiger partial charge in [-0.2, -0.15) is 5.10 Å². The van der Waals surface area contributed by atoms with Gasteiger partial charge in [-0.1, -0.05) is 0 Å². The molecule has 66 valence electrons. The van der Waals surface area contributed by atoms with Crippen LogP contribution >= 0.6 is 0 Å². The summed E-state index contributed by atoms with van der Waals surface area (Å²) in [7, 11) is 0. The van der Waals surface area contributed by atoms with Crippen LogP contribution in [0, 0.1) is 0 Å². The second-order valence-corrected chi connectivity index (χ2v) is 2.18. The van der Waals surface area contributed by atoms with Crippen LogP contribution in [0.5, 0.6) is 0 Å². The third-order valence-electron chi connectivity index (χ3n) is 1.41. The van der Waals surface area contributed by atoms with Gasteiger partial charge in [-0.25, -0.2) is 4.68 Å². The first-order valence-electron chi connectivity index (χ1n) is 3.30. The number of nitrogens with zero attached hydrogens (tertiary/aromatic N) is 2. The van der Waals surface area contributed by atoms with Crippen molar-refractivity contribution >= 4 is 11.8 Å². The van der Waals surface area contributed by atoms with E-state index in [1.807, 2.05) is 0 Å². The van der Waals surface area contributed by atoms with Crippen LogP contribution in [0.15, 0.2) is 6.20 Å². The van der Waals surface area contributed by atoms with Crippen LogP contribution in [0.1, 0.15) is 10.4 Å². The molecule has 0 saturated heterocycles. The van der Waals surface area contributed by atoms with Crippen molar-refractivity contribution in [1.29, 1.82) is 0 Å². The van der Waals surface area contributed by atoms with E-state index >= 15 is 0 Å². The molecular formula is C6H8N3O3-. The first-order chi connectivity index (χ1) is 5.66. The maximum Gasteiger partial charge on any atom is 0.130 e. The summed E-state index contributed by atoms with van der Waals surface area (Å²) in [5.74, 6) is -1.36. The van der Waals surface area contributed by atoms with Crippen LogP contribution in [0.25, 0.3) is 0 Å². The number of aromatic nitrogens is 2. The normalized spacial score (nSPS) is 10.1. The number of anilines is 1. The SMILES string of the molecule is Nc1c(C(=O)[O-])cnn1CCO. The molecule has 0 bridgehead atoms. The molecule has 0 atom stereocenters. The number of aliphatic hydroxyl groups excluding tert-OH is 1. The van der Waals surface area contributed by atoms with Gasteiger partial charge in [0.1, 0.15) is 5.82 Å². The number of hydrogen-bond acceptors (Lipinski definition) is 5. The van der Waals surface area contributed by atoms with Crippen molar-refractivity contribution in [3.8, 4) is 0 Å². The number of hydrogen-bond donors (Lipinski definition) is 2. The van der Waals surface area contributed by atoms with Gasteiger partial charge in [0.15, 0.2) is 0 Å². The molecule has 1 aromatic rings. The van der Waals surface area contributed by atoms with E-state index in [9.17, 15) is 9.90 Å². The fourth-order valence-electron chi connectivity index (χ4n) is 0.825. The predicted octanol–water partition coefficient (Wildman–Crippen LogP) is -2.18. The largest absolute Gasteiger partial charge is 0.545 e. The summed E-state index contributed by atoms with van der Waals surface area (Å²) in [5.41, 5.74) is 5.21. The molecule has 0 aliphatic carbocycles. The molecule has 1 rings (SSSR count). The number of nitrogens with two attached hydrogens (primary N) is 1. The molecule has 6 heteroatoms. The summed E-state index contributed by atoms with van der Waals surface area (Å²) in [4.78, 5) is 10.3. The Morgan fingerprint density at radius 1 is 1.83 bits per heavy atom. The lowest BCUT2D eigenvalue weighted by Crippen LogP contribution is -2.23. The number of carboxylic acid groups (broad SMARTS) is 1. The van der Waals surface area contributed by atoms with Crippen molar-refractivity contribution in [2.75, 3.05) is 12.3 Å². The van der Waals surface area contributed by atoms with Crippen molar-refractivity contribution in [2.24, 2.45) is 0 Å². The molecule has 0 unspecified atom stereocenters. The maximum atomic E-state index is 10.3. The van der Waals surface area contributed by atoms with Gasteiger partial charge in [0, 0.05) is 0 Å². The zero-order valence-corrected chi connectivity index (χ0v) is 6.23. The standard InChI is InChI=1S/C6H9N3O3/c7-5-4(6(11)12)3-8-9(5)1-2-10/h3,10H,1-2,7H2,(H,11,12)/p-1. The van der Waals surface area contributed by atoms with Crippen LogP contribution in [-0.4, -0.2) is 27.5 Å². The Bertz CT molecular complexity index is 294. The van der Waals surface area contributed by atoms with Crippen molar-refractivity contribution in [1.82, 2.24) is 9.78 Å². The minimum Gasteiger partial charge on any atom is -0.545 e. The summed E-state index contributed by atoms with van der Waals surface area (Å²) in [6, 6.07) is 0. The van der Waals surface area contributed by atoms with Gasteiger partial charge in [0.2, 0.25) is 0 Å². The number of aliphatic hydroxyl groups is 1. The Morgan fingerprint density at radius 2 is 2.50 bits per heavy atom. The number of carbonyl (C=O) groups is 1. The molecule has 0 saturated carbocycles. The van der Waals surface area contributed by atoms with E-state index in [4.69, 9.17) is 10.8 Å². The van der Waals surface area contributed by atoms with Gasteiger partial charge in [-0.15, -0.1) is 0 Å². The van der Waals surface area contributed by atoms with Crippen LogP contribution in [0.4, 0.5) is 5.82 Å². The molecule has 0 aliphatic heterocycles. The predicted molar refractivity (Wildman–Crippen MR) is 38.1 cm³/mol. The van der Waals surface area contributed by atoms with Gasteiger partial charge >= 0.3 is 0 Å². The Morgan fingerprint density at radius 3 is 2.92 bits per heavy atom. The lowest BCUT2D eigenvalue weighted by Gasteiger charge is -2.02. The third kappa shape index (κ3) is 1.37. The Balaban J connectivity index is 2.96. The molecule has 0 radical (unpaired) electrons. The molecule has 6 nitrogen and oxygen atoms in total. The highest BCUT2D eigenvalue weighted by atomic mass is 16.4. The average Bonchev–Trinajstić information content (AvgIpc) is 2.34. The van der Waals surface area contributed by atoms with E-state index in [-0.39, 0.29) is 24.5 Å². The van der Waals surface area contributed by atoms with Crippen LogP contribution in [0.2, 0.25) is 0 Å². The molecule has 12 heavy (non-hydrogen) atoms. The molecule has 1 heterocycles. The topological polar surface area (TPSA) is 104 Å². The fourth-order valence-corrected chi connectivity index (χ4v) is 0.825. The smallest absolute Gasteiger partial charge is 0.130 e. The monoisotopic (exact) mass is 170 g/mol. The summed E-state index contributed by atoms with van der Waals surface area (Å²) in [6.45, 7) is 0.0392. The van der Waals surface area contributed by atoms with Gasteiger partial charge in [0.05, 0.1) is 30.9 Å². The van der Waals surface area contributed by atoms with E-state index in [0.29, 0.717) is 0 Å². The second kappa shape index (κ2) is 3.22. The lowest BCUT2D eigenvalue weighted by atomic mass is 10.3. The van der Waals surface area contributed by atoms with Crippen LogP contribution < -0.4 is 10.8 Å². The minimum absolute atomic E-state index is 0.00375. The number of rotatable bonds is 3. The van der Waals surface area contributed by atoms with E-state index < -0.39 is 5.97 Å². The van der Waals surface area contributed by atoms with Crippen molar-refractivity contribution in [2.45, 2.75) is 6.54 Å². The van der Waals surface area contributed by atoms with Gasteiger partial charge in [-0.05, 0) is 0 Å². The third-order valence-corrected chi connectivity index (χ3v) is 1.41. The number of nitrogen functional groups attached to an aromatic ring is 1. The number of carboxylic acids is 1. The highest BCUT2D eigenvalue weighted by Crippen LogP contribution is 2.08. The zero-order chi connectivity index (χ0) is 9.14. The van der Waals surface area contributed by atoms with Crippen LogP contribution in [0.3, 0.4) is 0 Å². The summed E-state index contributed by atoms with van der Waals surface area (Å²) in [6.07, 6.45) is 1.10. The number of carbonyl (C=O) groups excluding carboxylic acids is 1. The average molecular weight is 170 g/mol. The molecule has 0 aliphatic rings. The minimum atomic E-state index is -1.36. The number of aromatic carboxylic acids is 1. The molecule has 0 amide bonds. The van der Waals surface area contributed by atoms with E-state index in [2.05, 4.69) is 5.10 Å². The van der Waals surface area contributed by atoms with Gasteiger partial charge < -0.3 is 20.7 Å². The Kier molecular flexibility index (Phi) is 2.29. The second-order valence-electron chi connectivity index (χ2n) is 2.18. The van der Waals surface area contributed by atoms with Crippen molar-refractivity contribution in [3.63, 3.8) is 0 Å². The van der Waals surface area contributed by atoms with Crippen LogP contribution in [-0.2, 0) is 6.54 Å².